The molecule has 0 amide bonds. The summed E-state index contributed by atoms with van der Waals surface area (Å²) in [6.07, 6.45) is 5.41. The molecule has 0 aromatic carbocycles. The number of alkyl halides is 1. The van der Waals surface area contributed by atoms with E-state index in [2.05, 4.69) is 57.1 Å². The van der Waals surface area contributed by atoms with Crippen LogP contribution in [0.25, 0.3) is 6.08 Å². The largest absolute Gasteiger partial charge is 0.410 e. The fourth-order valence-corrected chi connectivity index (χ4v) is 6.33. The highest BCUT2D eigenvalue weighted by molar-refractivity contribution is 7.09. The van der Waals surface area contributed by atoms with Crippen LogP contribution in [-0.2, 0) is 4.43 Å². The molecule has 1 aromatic rings. The maximum atomic E-state index is 6.78. The molecule has 136 valence electrons. The Hall–Kier alpha value is -0.423. The third-order valence-electron chi connectivity index (χ3n) is 4.74. The lowest BCUT2D eigenvalue weighted by Crippen LogP contribution is -2.40. The average Bonchev–Trinajstić information content (AvgIpc) is 3.00. The van der Waals surface area contributed by atoms with Crippen molar-refractivity contribution < 1.29 is 4.43 Å². The van der Waals surface area contributed by atoms with E-state index in [4.69, 9.17) is 16.0 Å². The van der Waals surface area contributed by atoms with Crippen molar-refractivity contribution in [3.05, 3.63) is 33.3 Å². The van der Waals surface area contributed by atoms with Gasteiger partial charge in [-0.15, -0.1) is 22.9 Å². The van der Waals surface area contributed by atoms with Crippen LogP contribution in [0, 0.1) is 6.92 Å². The molecule has 0 radical (unpaired) electrons. The van der Waals surface area contributed by atoms with Gasteiger partial charge in [-0.1, -0.05) is 32.4 Å². The van der Waals surface area contributed by atoms with Gasteiger partial charge < -0.3 is 4.43 Å². The van der Waals surface area contributed by atoms with Crippen molar-refractivity contribution in [2.45, 2.75) is 72.2 Å². The molecule has 1 heterocycles. The van der Waals surface area contributed by atoms with Crippen LogP contribution in [0.15, 0.2) is 22.6 Å². The molecule has 1 atom stereocenters. The minimum atomic E-state index is -1.66. The lowest BCUT2D eigenvalue weighted by Gasteiger charge is -2.33. The lowest BCUT2D eigenvalue weighted by atomic mass is 10.1. The predicted molar refractivity (Wildman–Crippen MR) is 112 cm³/mol. The van der Waals surface area contributed by atoms with Crippen LogP contribution < -0.4 is 0 Å². The molecule has 0 saturated carbocycles. The smallest absolute Gasteiger partial charge is 0.192 e. The Bertz CT molecular complexity index is 555. The van der Waals surface area contributed by atoms with E-state index in [-0.39, 0.29) is 6.10 Å². The summed E-state index contributed by atoms with van der Waals surface area (Å²) in [6, 6.07) is 3.49. The van der Waals surface area contributed by atoms with E-state index in [0.717, 1.165) is 35.3 Å². The predicted octanol–water partition coefficient (Wildman–Crippen LogP) is 6.82. The maximum absolute atomic E-state index is 6.78. The molecule has 0 unspecified atom stereocenters. The third kappa shape index (κ3) is 6.47. The van der Waals surface area contributed by atoms with Crippen LogP contribution in [0.3, 0.4) is 0 Å². The number of halogens is 1. The third-order valence-corrected chi connectivity index (χ3v) is 10.6. The Balaban J connectivity index is 3.05. The molecular formula is C19H32ClNOSSi. The van der Waals surface area contributed by atoms with Gasteiger partial charge in [-0.25, -0.2) is 4.98 Å². The highest BCUT2D eigenvalue weighted by Gasteiger charge is 2.32. The first-order valence-corrected chi connectivity index (χ1v) is 12.8. The second-order valence-electron chi connectivity index (χ2n) is 6.45. The summed E-state index contributed by atoms with van der Waals surface area (Å²) in [7, 11) is -1.66. The molecule has 1 rings (SSSR count). The first-order chi connectivity index (χ1) is 11.4. The molecule has 0 spiro atoms. The van der Waals surface area contributed by atoms with Gasteiger partial charge >= 0.3 is 0 Å². The number of rotatable bonds is 10. The molecule has 5 heteroatoms. The summed E-state index contributed by atoms with van der Waals surface area (Å²) < 4.78 is 6.78. The minimum absolute atomic E-state index is 0.122. The zero-order valence-electron chi connectivity index (χ0n) is 16.0. The molecule has 0 saturated heterocycles. The summed E-state index contributed by atoms with van der Waals surface area (Å²) >= 11 is 7.63. The van der Waals surface area contributed by atoms with E-state index in [1.165, 1.54) is 11.1 Å². The number of thiazole rings is 1. The van der Waals surface area contributed by atoms with Gasteiger partial charge in [0.05, 0.1) is 16.8 Å². The summed E-state index contributed by atoms with van der Waals surface area (Å²) in [5.41, 5.74) is 3.50. The molecule has 24 heavy (non-hydrogen) atoms. The Labute approximate surface area is 158 Å². The van der Waals surface area contributed by atoms with E-state index in [0.29, 0.717) is 5.88 Å². The second kappa shape index (κ2) is 10.5. The van der Waals surface area contributed by atoms with Crippen LogP contribution in [0.1, 0.15) is 51.7 Å². The summed E-state index contributed by atoms with van der Waals surface area (Å²) in [5.74, 6) is 0.582. The zero-order valence-corrected chi connectivity index (χ0v) is 18.6. The van der Waals surface area contributed by atoms with Crippen molar-refractivity contribution in [1.29, 1.82) is 0 Å². The van der Waals surface area contributed by atoms with Crippen molar-refractivity contribution in [2.24, 2.45) is 0 Å². The minimum Gasteiger partial charge on any atom is -0.410 e. The first-order valence-electron chi connectivity index (χ1n) is 8.89. The molecule has 0 fully saturated rings. The van der Waals surface area contributed by atoms with Gasteiger partial charge in [0.2, 0.25) is 0 Å². The molecule has 0 N–H and O–H groups in total. The monoisotopic (exact) mass is 385 g/mol. The lowest BCUT2D eigenvalue weighted by molar-refractivity contribution is 0.225. The highest BCUT2D eigenvalue weighted by atomic mass is 35.5. The van der Waals surface area contributed by atoms with Crippen molar-refractivity contribution in [3.8, 4) is 0 Å². The van der Waals surface area contributed by atoms with Crippen LogP contribution in [0.2, 0.25) is 18.1 Å². The van der Waals surface area contributed by atoms with Crippen molar-refractivity contribution in [3.63, 3.8) is 0 Å². The van der Waals surface area contributed by atoms with Gasteiger partial charge in [-0.05, 0) is 57.0 Å². The van der Waals surface area contributed by atoms with E-state index in [1.807, 2.05) is 6.92 Å². The van der Waals surface area contributed by atoms with Crippen molar-refractivity contribution >= 4 is 37.3 Å². The fraction of sp³-hybridized carbons (Fsp3) is 0.632. The van der Waals surface area contributed by atoms with Crippen LogP contribution in [-0.4, -0.2) is 25.3 Å². The Kier molecular flexibility index (Phi) is 9.50. The first kappa shape index (κ1) is 21.6. The topological polar surface area (TPSA) is 22.1 Å². The van der Waals surface area contributed by atoms with Gasteiger partial charge in [-0.2, -0.15) is 0 Å². The molecule has 2 nitrogen and oxygen atoms in total. The molecular weight excluding hydrogens is 354 g/mol. The maximum Gasteiger partial charge on any atom is 0.192 e. The summed E-state index contributed by atoms with van der Waals surface area (Å²) in [4.78, 5) is 4.56. The number of hydrogen-bond acceptors (Lipinski definition) is 3. The zero-order chi connectivity index (χ0) is 18.2. The van der Waals surface area contributed by atoms with Crippen LogP contribution in [0.5, 0.6) is 0 Å². The van der Waals surface area contributed by atoms with E-state index in [1.54, 1.807) is 11.3 Å². The summed E-state index contributed by atoms with van der Waals surface area (Å²) in [6.45, 7) is 13.1. The highest BCUT2D eigenvalue weighted by Crippen LogP contribution is 2.28. The van der Waals surface area contributed by atoms with E-state index >= 15 is 0 Å². The van der Waals surface area contributed by atoms with Crippen LogP contribution >= 0.6 is 22.9 Å². The molecule has 0 bridgehead atoms. The van der Waals surface area contributed by atoms with Gasteiger partial charge in [-0.3, -0.25) is 0 Å². The SMILES string of the molecule is CC[Si](CC)(CC)O[C@@H](C/C=C(/C)CCl)/C(C)=C/c1csc(C)n1. The fourth-order valence-electron chi connectivity index (χ4n) is 2.76. The quantitative estimate of drug-likeness (QED) is 0.250. The van der Waals surface area contributed by atoms with Crippen molar-refractivity contribution in [2.75, 3.05) is 5.88 Å². The van der Waals surface area contributed by atoms with E-state index < -0.39 is 8.32 Å². The van der Waals surface area contributed by atoms with Gasteiger partial charge in [0, 0.05) is 11.3 Å². The van der Waals surface area contributed by atoms with E-state index in [9.17, 15) is 0 Å². The van der Waals surface area contributed by atoms with Gasteiger partial charge in [0.25, 0.3) is 0 Å². The Morgan fingerprint density at radius 1 is 1.29 bits per heavy atom. The van der Waals surface area contributed by atoms with Gasteiger partial charge in [0.1, 0.15) is 0 Å². The summed E-state index contributed by atoms with van der Waals surface area (Å²) in [5, 5.41) is 3.21. The molecule has 0 aliphatic heterocycles. The Morgan fingerprint density at radius 2 is 1.92 bits per heavy atom. The molecule has 0 aliphatic rings. The normalized spacial score (nSPS) is 15.0. The average molecular weight is 386 g/mol. The number of aromatic nitrogens is 1. The molecule has 0 aliphatic carbocycles. The van der Waals surface area contributed by atoms with Gasteiger partial charge in [0.15, 0.2) is 8.32 Å². The van der Waals surface area contributed by atoms with Crippen LogP contribution in [0.4, 0.5) is 0 Å². The second-order valence-corrected chi connectivity index (χ2v) is 12.5. The number of allylic oxidation sites excluding steroid dienone is 1. The number of nitrogens with zero attached hydrogens (tertiary/aromatic N) is 1. The van der Waals surface area contributed by atoms with Crippen molar-refractivity contribution in [1.82, 2.24) is 4.98 Å². The Morgan fingerprint density at radius 3 is 2.38 bits per heavy atom. The number of hydrogen-bond donors (Lipinski definition) is 0. The standard InChI is InChI=1S/C19H32ClNOSSi/c1-7-24(8-2,9-3)22-19(11-10-15(4)13-20)16(5)12-18-14-23-17(6)21-18/h10,12,14,19H,7-9,11,13H2,1-6H3/b15-10-,16-12+/t19-/m0/s1. The molecule has 1 aromatic heterocycles. The number of aryl methyl sites for hydroxylation is 1.